The van der Waals surface area contributed by atoms with Gasteiger partial charge >= 0.3 is 6.09 Å². The Balaban J connectivity index is 1.18. The molecule has 0 bridgehead atoms. The van der Waals surface area contributed by atoms with E-state index in [9.17, 15) is 18.4 Å². The van der Waals surface area contributed by atoms with Gasteiger partial charge in [0.1, 0.15) is 22.8 Å². The highest BCUT2D eigenvalue weighted by Crippen LogP contribution is 2.43. The van der Waals surface area contributed by atoms with Gasteiger partial charge in [-0.2, -0.15) is 0 Å². The van der Waals surface area contributed by atoms with Gasteiger partial charge < -0.3 is 14.5 Å². The van der Waals surface area contributed by atoms with Crippen LogP contribution in [0.4, 0.5) is 13.6 Å². The summed E-state index contributed by atoms with van der Waals surface area (Å²) >= 11 is 0. The number of unbranched alkanes of at least 4 members (excludes halogenated alkanes) is 1. The zero-order valence-electron chi connectivity index (χ0n) is 22.8. The number of halogens is 2. The molecule has 3 saturated heterocycles. The van der Waals surface area contributed by atoms with Crippen molar-refractivity contribution < 1.29 is 23.1 Å². The lowest BCUT2D eigenvalue weighted by molar-refractivity contribution is -0.0386. The van der Waals surface area contributed by atoms with Crippen molar-refractivity contribution in [3.8, 4) is 0 Å². The monoisotopic (exact) mass is 531 g/mol. The molecular weight excluding hydrogens is 488 g/mol. The second-order valence-corrected chi connectivity index (χ2v) is 11.9. The molecule has 6 nitrogen and oxygen atoms in total. The van der Waals surface area contributed by atoms with Gasteiger partial charge in [-0.25, -0.2) is 13.6 Å². The first kappa shape index (κ1) is 27.4. The predicted octanol–water partition coefficient (Wildman–Crippen LogP) is 6.00. The molecule has 3 heterocycles. The number of hydrogen-bond donors (Lipinski definition) is 0. The Morgan fingerprint density at radius 1 is 1.00 bits per heavy atom. The van der Waals surface area contributed by atoms with Gasteiger partial charge in [0.15, 0.2) is 0 Å². The number of carbonyl (C=O) groups excluding carboxylic acids is 2. The average Bonchev–Trinajstić information content (AvgIpc) is 3.17. The van der Waals surface area contributed by atoms with E-state index in [1.54, 1.807) is 4.90 Å². The van der Waals surface area contributed by atoms with Gasteiger partial charge in [0.2, 0.25) is 0 Å². The molecule has 1 saturated carbocycles. The van der Waals surface area contributed by atoms with E-state index in [1.807, 2.05) is 0 Å². The average molecular weight is 532 g/mol. The van der Waals surface area contributed by atoms with Crippen LogP contribution in [0.2, 0.25) is 0 Å². The molecule has 4 aliphatic rings. The third-order valence-corrected chi connectivity index (χ3v) is 9.61. The van der Waals surface area contributed by atoms with Crippen LogP contribution in [0.1, 0.15) is 94.3 Å². The molecule has 1 atom stereocenters. The third kappa shape index (κ3) is 5.56. The van der Waals surface area contributed by atoms with E-state index >= 15 is 0 Å². The van der Waals surface area contributed by atoms with Crippen LogP contribution in [-0.4, -0.2) is 77.1 Å². The topological polar surface area (TPSA) is 53.1 Å². The fourth-order valence-electron chi connectivity index (χ4n) is 7.38. The molecule has 0 radical (unpaired) electrons. The summed E-state index contributed by atoms with van der Waals surface area (Å²) in [6.07, 6.45) is 12.6. The zero-order valence-corrected chi connectivity index (χ0v) is 22.8. The first-order valence-electron chi connectivity index (χ1n) is 14.9. The van der Waals surface area contributed by atoms with Gasteiger partial charge in [-0.05, 0) is 50.2 Å². The van der Waals surface area contributed by atoms with Crippen molar-refractivity contribution in [3.63, 3.8) is 0 Å². The maximum absolute atomic E-state index is 14.1. The highest BCUT2D eigenvalue weighted by molar-refractivity contribution is 5.94. The predicted molar refractivity (Wildman–Crippen MR) is 142 cm³/mol. The Morgan fingerprint density at radius 2 is 1.66 bits per heavy atom. The van der Waals surface area contributed by atoms with Crippen LogP contribution in [0, 0.1) is 17.6 Å². The molecule has 3 aliphatic heterocycles. The molecule has 1 aromatic carbocycles. The fraction of sp³-hybridized carbons (Fsp3) is 0.733. The van der Waals surface area contributed by atoms with Gasteiger partial charge in [-0.3, -0.25) is 9.69 Å². The van der Waals surface area contributed by atoms with E-state index in [0.717, 1.165) is 76.7 Å². The summed E-state index contributed by atoms with van der Waals surface area (Å²) in [5.41, 5.74) is -0.846. The number of nitrogens with zero attached hydrogens (tertiary/aromatic N) is 3. The van der Waals surface area contributed by atoms with Crippen molar-refractivity contribution in [2.75, 3.05) is 32.7 Å². The van der Waals surface area contributed by atoms with Crippen LogP contribution in [0.15, 0.2) is 18.2 Å². The van der Waals surface area contributed by atoms with Gasteiger partial charge in [-0.15, -0.1) is 0 Å². The number of carbonyl (C=O) groups is 2. The molecule has 0 N–H and O–H groups in total. The summed E-state index contributed by atoms with van der Waals surface area (Å²) in [5, 5.41) is 0. The van der Waals surface area contributed by atoms with Crippen LogP contribution in [0.25, 0.3) is 0 Å². The van der Waals surface area contributed by atoms with Crippen LogP contribution in [0.5, 0.6) is 0 Å². The Morgan fingerprint density at radius 3 is 2.29 bits per heavy atom. The molecule has 8 heteroatoms. The molecule has 4 fully saturated rings. The SMILES string of the molecule is CCCCC1N(CC2CCCCC2)C(=O)OC12CCN(C1CCN(C(=O)c3c(F)cccc3F)CC1)CC2. The van der Waals surface area contributed by atoms with Crippen LogP contribution in [0.3, 0.4) is 0 Å². The van der Waals surface area contributed by atoms with Crippen molar-refractivity contribution in [3.05, 3.63) is 35.4 Å². The third-order valence-electron chi connectivity index (χ3n) is 9.61. The first-order chi connectivity index (χ1) is 18.4. The molecule has 1 aromatic rings. The summed E-state index contributed by atoms with van der Waals surface area (Å²) in [6, 6.07) is 4.03. The molecule has 5 rings (SSSR count). The normalized spacial score (nSPS) is 25.2. The summed E-state index contributed by atoms with van der Waals surface area (Å²) in [7, 11) is 0. The van der Waals surface area contributed by atoms with E-state index in [-0.39, 0.29) is 12.1 Å². The van der Waals surface area contributed by atoms with E-state index in [2.05, 4.69) is 16.7 Å². The van der Waals surface area contributed by atoms with Crippen LogP contribution < -0.4 is 0 Å². The van der Waals surface area contributed by atoms with E-state index in [0.29, 0.717) is 25.0 Å². The Bertz CT molecular complexity index is 963. The Kier molecular flexibility index (Phi) is 8.56. The molecule has 0 aromatic heterocycles. The number of piperidine rings is 2. The number of hydrogen-bond acceptors (Lipinski definition) is 4. The largest absolute Gasteiger partial charge is 0.440 e. The molecule has 2 amide bonds. The zero-order chi connectivity index (χ0) is 26.7. The van der Waals surface area contributed by atoms with Crippen LogP contribution >= 0.6 is 0 Å². The molecule has 1 spiro atoms. The maximum atomic E-state index is 14.1. The van der Waals surface area contributed by atoms with E-state index in [4.69, 9.17) is 4.74 Å². The summed E-state index contributed by atoms with van der Waals surface area (Å²) < 4.78 is 34.5. The highest BCUT2D eigenvalue weighted by Gasteiger charge is 2.55. The number of ether oxygens (including phenoxy) is 1. The van der Waals surface area contributed by atoms with Gasteiger partial charge in [0.05, 0.1) is 6.04 Å². The molecule has 38 heavy (non-hydrogen) atoms. The minimum Gasteiger partial charge on any atom is -0.440 e. The number of amides is 2. The van der Waals surface area contributed by atoms with Gasteiger partial charge in [0.25, 0.3) is 5.91 Å². The smallest absolute Gasteiger partial charge is 0.410 e. The summed E-state index contributed by atoms with van der Waals surface area (Å²) in [4.78, 5) is 32.1. The van der Waals surface area contributed by atoms with Crippen molar-refractivity contribution in [1.29, 1.82) is 0 Å². The maximum Gasteiger partial charge on any atom is 0.410 e. The van der Waals surface area contributed by atoms with Crippen molar-refractivity contribution >= 4 is 12.0 Å². The van der Waals surface area contributed by atoms with Gasteiger partial charge in [-0.1, -0.05) is 45.1 Å². The van der Waals surface area contributed by atoms with Crippen molar-refractivity contribution in [2.24, 2.45) is 5.92 Å². The minimum absolute atomic E-state index is 0.114. The summed E-state index contributed by atoms with van der Waals surface area (Å²) in [6.45, 7) is 5.76. The molecule has 1 aliphatic carbocycles. The quantitative estimate of drug-likeness (QED) is 0.433. The molecule has 1 unspecified atom stereocenters. The lowest BCUT2D eigenvalue weighted by atomic mass is 9.80. The lowest BCUT2D eigenvalue weighted by Crippen LogP contribution is -2.56. The minimum atomic E-state index is -0.806. The molecular formula is C30H43F2N3O3. The highest BCUT2D eigenvalue weighted by atomic mass is 19.1. The standard InChI is InChI=1S/C30H43F2N3O3/c1-2-3-12-26-30(38-29(37)35(26)21-22-8-5-4-6-9-22)15-19-33(20-16-30)23-13-17-34(18-14-23)28(36)27-24(31)10-7-11-25(27)32/h7,10-11,22-23,26H,2-6,8-9,12-21H2,1H3. The lowest BCUT2D eigenvalue weighted by Gasteiger charge is -2.46. The van der Waals surface area contributed by atoms with E-state index < -0.39 is 28.7 Å². The number of rotatable bonds is 7. The molecule has 210 valence electrons. The Labute approximate surface area is 225 Å². The summed E-state index contributed by atoms with van der Waals surface area (Å²) in [5.74, 6) is -1.58. The second-order valence-electron chi connectivity index (χ2n) is 11.9. The van der Waals surface area contributed by atoms with Gasteiger partial charge in [0, 0.05) is 51.6 Å². The van der Waals surface area contributed by atoms with Crippen molar-refractivity contribution in [2.45, 2.75) is 102 Å². The number of benzene rings is 1. The van der Waals surface area contributed by atoms with Crippen molar-refractivity contribution in [1.82, 2.24) is 14.7 Å². The van der Waals surface area contributed by atoms with Crippen LogP contribution in [-0.2, 0) is 4.74 Å². The number of likely N-dealkylation sites (tertiary alicyclic amines) is 2. The first-order valence-corrected chi connectivity index (χ1v) is 14.9. The second kappa shape index (κ2) is 11.9. The Hall–Kier alpha value is -2.22. The fourth-order valence-corrected chi connectivity index (χ4v) is 7.38. The van der Waals surface area contributed by atoms with E-state index in [1.165, 1.54) is 38.2 Å².